The van der Waals surface area contributed by atoms with Crippen LogP contribution < -0.4 is 15.6 Å². The zero-order valence-electron chi connectivity index (χ0n) is 12.4. The molecule has 1 aromatic carbocycles. The summed E-state index contributed by atoms with van der Waals surface area (Å²) in [5, 5.41) is 4.76. The largest absolute Gasteiger partial charge is 0.484 e. The molecule has 0 saturated heterocycles. The summed E-state index contributed by atoms with van der Waals surface area (Å²) < 4.78 is 6.67. The van der Waals surface area contributed by atoms with E-state index in [1.807, 2.05) is 0 Å². The van der Waals surface area contributed by atoms with Crippen molar-refractivity contribution >= 4 is 35.0 Å². The van der Waals surface area contributed by atoms with Gasteiger partial charge in [0.05, 0.1) is 15.7 Å². The topological polar surface area (TPSA) is 85.3 Å². The van der Waals surface area contributed by atoms with Crippen molar-refractivity contribution in [3.63, 3.8) is 0 Å². The second-order valence-corrected chi connectivity index (χ2v) is 5.48. The molecule has 0 fully saturated rings. The SMILES string of the molecule is Cc1cc(C(=O)NNC(=O)COc2ccc(Cl)c(Cl)c2)n(C)n1. The van der Waals surface area contributed by atoms with Gasteiger partial charge in [-0.3, -0.25) is 25.1 Å². The fraction of sp³-hybridized carbons (Fsp3) is 0.214. The molecule has 0 atom stereocenters. The second-order valence-electron chi connectivity index (χ2n) is 4.66. The number of ether oxygens (including phenoxy) is 1. The molecule has 2 aromatic rings. The van der Waals surface area contributed by atoms with Gasteiger partial charge in [0.15, 0.2) is 6.61 Å². The zero-order valence-corrected chi connectivity index (χ0v) is 13.9. The van der Waals surface area contributed by atoms with Gasteiger partial charge in [-0.1, -0.05) is 23.2 Å². The minimum absolute atomic E-state index is 0.289. The smallest absolute Gasteiger partial charge is 0.287 e. The molecule has 2 N–H and O–H groups in total. The number of halogens is 2. The molecule has 0 saturated carbocycles. The number of aromatic nitrogens is 2. The Balaban J connectivity index is 1.82. The highest BCUT2D eigenvalue weighted by molar-refractivity contribution is 6.42. The number of aryl methyl sites for hydroxylation is 2. The van der Waals surface area contributed by atoms with Crippen LogP contribution in [0.25, 0.3) is 0 Å². The van der Waals surface area contributed by atoms with Gasteiger partial charge in [-0.05, 0) is 25.1 Å². The molecule has 0 radical (unpaired) electrons. The molecule has 1 aromatic heterocycles. The monoisotopic (exact) mass is 356 g/mol. The summed E-state index contributed by atoms with van der Waals surface area (Å²) in [7, 11) is 1.64. The van der Waals surface area contributed by atoms with Gasteiger partial charge < -0.3 is 4.74 Å². The number of carbonyl (C=O) groups is 2. The number of hydrogen-bond acceptors (Lipinski definition) is 4. The molecule has 1 heterocycles. The molecular formula is C14H14Cl2N4O3. The number of amides is 2. The van der Waals surface area contributed by atoms with E-state index in [0.717, 1.165) is 0 Å². The number of hydrazine groups is 1. The van der Waals surface area contributed by atoms with Crippen LogP contribution in [0.3, 0.4) is 0 Å². The summed E-state index contributed by atoms with van der Waals surface area (Å²) in [6, 6.07) is 6.24. The molecule has 122 valence electrons. The predicted octanol–water partition coefficient (Wildman–Crippen LogP) is 1.88. The molecule has 0 unspecified atom stereocenters. The zero-order chi connectivity index (χ0) is 17.0. The maximum absolute atomic E-state index is 11.9. The molecule has 9 heteroatoms. The van der Waals surface area contributed by atoms with Crippen LogP contribution in [0.4, 0.5) is 0 Å². The second kappa shape index (κ2) is 7.34. The molecule has 0 bridgehead atoms. The Morgan fingerprint density at radius 3 is 2.57 bits per heavy atom. The molecule has 7 nitrogen and oxygen atoms in total. The van der Waals surface area contributed by atoms with Gasteiger partial charge in [-0.25, -0.2) is 0 Å². The van der Waals surface area contributed by atoms with Crippen molar-refractivity contribution in [3.8, 4) is 5.75 Å². The molecule has 0 spiro atoms. The third-order valence-corrected chi connectivity index (χ3v) is 3.55. The van der Waals surface area contributed by atoms with Crippen molar-refractivity contribution in [2.45, 2.75) is 6.92 Å². The number of nitrogens with zero attached hydrogens (tertiary/aromatic N) is 2. The number of rotatable bonds is 4. The van der Waals surface area contributed by atoms with Crippen LogP contribution in [0.2, 0.25) is 10.0 Å². The number of benzene rings is 1. The number of nitrogens with one attached hydrogen (secondary N) is 2. The van der Waals surface area contributed by atoms with E-state index in [0.29, 0.717) is 27.2 Å². The fourth-order valence-corrected chi connectivity index (χ4v) is 2.05. The summed E-state index contributed by atoms with van der Waals surface area (Å²) in [6.07, 6.45) is 0. The van der Waals surface area contributed by atoms with E-state index in [4.69, 9.17) is 27.9 Å². The number of hydrogen-bond donors (Lipinski definition) is 2. The van der Waals surface area contributed by atoms with Gasteiger partial charge in [0.25, 0.3) is 11.8 Å². The van der Waals surface area contributed by atoms with Crippen molar-refractivity contribution in [2.24, 2.45) is 7.05 Å². The summed E-state index contributed by atoms with van der Waals surface area (Å²) >= 11 is 11.6. The van der Waals surface area contributed by atoms with E-state index >= 15 is 0 Å². The first-order valence-electron chi connectivity index (χ1n) is 6.54. The van der Waals surface area contributed by atoms with Crippen LogP contribution >= 0.6 is 23.2 Å². The predicted molar refractivity (Wildman–Crippen MR) is 85.5 cm³/mol. The summed E-state index contributed by atoms with van der Waals surface area (Å²) in [6.45, 7) is 1.48. The first kappa shape index (κ1) is 17.1. The molecular weight excluding hydrogens is 343 g/mol. The van der Waals surface area contributed by atoms with Crippen molar-refractivity contribution in [3.05, 3.63) is 45.7 Å². The molecule has 2 rings (SSSR count). The van der Waals surface area contributed by atoms with Gasteiger partial charge in [0.1, 0.15) is 11.4 Å². The fourth-order valence-electron chi connectivity index (χ4n) is 1.77. The van der Waals surface area contributed by atoms with E-state index in [1.54, 1.807) is 32.2 Å². The maximum atomic E-state index is 11.9. The summed E-state index contributed by atoms with van der Waals surface area (Å²) in [5.74, 6) is -0.609. The normalized spacial score (nSPS) is 10.3. The van der Waals surface area contributed by atoms with Gasteiger partial charge >= 0.3 is 0 Å². The van der Waals surface area contributed by atoms with Gasteiger partial charge in [-0.15, -0.1) is 0 Å². The minimum atomic E-state index is -0.525. The first-order chi connectivity index (χ1) is 10.9. The van der Waals surface area contributed by atoms with E-state index in [-0.39, 0.29) is 6.61 Å². The van der Waals surface area contributed by atoms with E-state index < -0.39 is 11.8 Å². The van der Waals surface area contributed by atoms with Gasteiger partial charge in [0, 0.05) is 13.1 Å². The van der Waals surface area contributed by atoms with Crippen molar-refractivity contribution in [1.82, 2.24) is 20.6 Å². The average molecular weight is 357 g/mol. The quantitative estimate of drug-likeness (QED) is 0.819. The lowest BCUT2D eigenvalue weighted by atomic mass is 10.3. The van der Waals surface area contributed by atoms with Crippen LogP contribution in [0.1, 0.15) is 16.2 Å². The highest BCUT2D eigenvalue weighted by atomic mass is 35.5. The Kier molecular flexibility index (Phi) is 5.46. The first-order valence-corrected chi connectivity index (χ1v) is 7.30. The number of carbonyl (C=O) groups excluding carboxylic acids is 2. The molecule has 23 heavy (non-hydrogen) atoms. The highest BCUT2D eigenvalue weighted by Gasteiger charge is 2.12. The highest BCUT2D eigenvalue weighted by Crippen LogP contribution is 2.26. The Hall–Kier alpha value is -2.25. The van der Waals surface area contributed by atoms with Crippen LogP contribution in [-0.2, 0) is 11.8 Å². The summed E-state index contributed by atoms with van der Waals surface area (Å²) in [4.78, 5) is 23.5. The lowest BCUT2D eigenvalue weighted by Crippen LogP contribution is -2.44. The Labute approximate surface area is 142 Å². The van der Waals surface area contributed by atoms with E-state index in [1.165, 1.54) is 10.7 Å². The van der Waals surface area contributed by atoms with Crippen molar-refractivity contribution < 1.29 is 14.3 Å². The summed E-state index contributed by atoms with van der Waals surface area (Å²) in [5.41, 5.74) is 5.56. The van der Waals surface area contributed by atoms with Gasteiger partial charge in [0.2, 0.25) is 0 Å². The Bertz CT molecular complexity index is 746. The lowest BCUT2D eigenvalue weighted by molar-refractivity contribution is -0.123. The van der Waals surface area contributed by atoms with Gasteiger partial charge in [-0.2, -0.15) is 5.10 Å². The maximum Gasteiger partial charge on any atom is 0.287 e. The molecule has 2 amide bonds. The van der Waals surface area contributed by atoms with Crippen LogP contribution in [0, 0.1) is 6.92 Å². The van der Waals surface area contributed by atoms with Crippen LogP contribution in [0.15, 0.2) is 24.3 Å². The van der Waals surface area contributed by atoms with E-state index in [2.05, 4.69) is 16.0 Å². The third kappa shape index (κ3) is 4.61. The molecule has 0 aliphatic heterocycles. The van der Waals surface area contributed by atoms with E-state index in [9.17, 15) is 9.59 Å². The van der Waals surface area contributed by atoms with Crippen molar-refractivity contribution in [2.75, 3.05) is 6.61 Å². The van der Waals surface area contributed by atoms with Crippen LogP contribution in [0.5, 0.6) is 5.75 Å². The third-order valence-electron chi connectivity index (χ3n) is 2.81. The average Bonchev–Trinajstić information content (AvgIpc) is 2.84. The van der Waals surface area contributed by atoms with Crippen molar-refractivity contribution in [1.29, 1.82) is 0 Å². The minimum Gasteiger partial charge on any atom is -0.484 e. The Morgan fingerprint density at radius 1 is 1.22 bits per heavy atom. The molecule has 0 aliphatic rings. The lowest BCUT2D eigenvalue weighted by Gasteiger charge is -2.09. The standard InChI is InChI=1S/C14H14Cl2N4O3/c1-8-5-12(20(2)19-8)14(22)18-17-13(21)7-23-9-3-4-10(15)11(16)6-9/h3-6H,7H2,1-2H3,(H,17,21)(H,18,22). The Morgan fingerprint density at radius 2 is 1.96 bits per heavy atom. The molecule has 0 aliphatic carbocycles. The van der Waals surface area contributed by atoms with Crippen LogP contribution in [-0.4, -0.2) is 28.2 Å².